The van der Waals surface area contributed by atoms with E-state index >= 15 is 0 Å². The maximum absolute atomic E-state index is 12.7. The van der Waals surface area contributed by atoms with E-state index in [1.807, 2.05) is 0 Å². The summed E-state index contributed by atoms with van der Waals surface area (Å²) in [6.45, 7) is -0.132. The Bertz CT molecular complexity index is 1230. The summed E-state index contributed by atoms with van der Waals surface area (Å²) in [7, 11) is 0. The molecule has 1 aliphatic heterocycles. The molecule has 3 aromatic carbocycles. The molecule has 34 heavy (non-hydrogen) atoms. The van der Waals surface area contributed by atoms with Crippen LogP contribution in [0.2, 0.25) is 5.02 Å². The van der Waals surface area contributed by atoms with E-state index in [1.165, 1.54) is 17.0 Å². The second-order valence-electron chi connectivity index (χ2n) is 7.79. The highest BCUT2D eigenvalue weighted by molar-refractivity contribution is 6.34. The summed E-state index contributed by atoms with van der Waals surface area (Å²) in [4.78, 5) is 51.0. The number of rotatable bonds is 7. The number of halogens is 1. The van der Waals surface area contributed by atoms with E-state index < -0.39 is 11.9 Å². The summed E-state index contributed by atoms with van der Waals surface area (Å²) in [5, 5.41) is 3.22. The van der Waals surface area contributed by atoms with Crippen molar-refractivity contribution in [2.75, 3.05) is 23.4 Å². The SMILES string of the molecule is O=C(COC(=O)c1ccc(NC(=O)[C@H]2CC(=O)N(c3ccccc3Cl)C2)cc1)c1ccccc1. The number of ether oxygens (including phenoxy) is 1. The van der Waals surface area contributed by atoms with Gasteiger partial charge in [-0.15, -0.1) is 0 Å². The number of nitrogens with one attached hydrogen (secondary N) is 1. The lowest BCUT2D eigenvalue weighted by Crippen LogP contribution is -2.28. The molecule has 0 aromatic heterocycles. The fraction of sp³-hybridized carbons (Fsp3) is 0.154. The number of ketones is 1. The van der Waals surface area contributed by atoms with Gasteiger partial charge in [0.25, 0.3) is 0 Å². The third-order valence-corrected chi connectivity index (χ3v) is 5.78. The summed E-state index contributed by atoms with van der Waals surface area (Å²) < 4.78 is 5.09. The van der Waals surface area contributed by atoms with Gasteiger partial charge in [0.05, 0.1) is 22.2 Å². The molecule has 0 spiro atoms. The van der Waals surface area contributed by atoms with Crippen LogP contribution in [0.1, 0.15) is 27.1 Å². The van der Waals surface area contributed by atoms with E-state index in [-0.39, 0.29) is 42.7 Å². The Hall–Kier alpha value is -3.97. The maximum Gasteiger partial charge on any atom is 0.338 e. The molecular weight excluding hydrogens is 456 g/mol. The van der Waals surface area contributed by atoms with Crippen LogP contribution in [0.15, 0.2) is 78.9 Å². The van der Waals surface area contributed by atoms with E-state index in [0.29, 0.717) is 22.0 Å². The van der Waals surface area contributed by atoms with E-state index in [4.69, 9.17) is 16.3 Å². The van der Waals surface area contributed by atoms with Gasteiger partial charge in [-0.05, 0) is 36.4 Å². The number of carbonyl (C=O) groups is 4. The first-order chi connectivity index (χ1) is 16.4. The molecule has 3 aromatic rings. The predicted molar refractivity (Wildman–Crippen MR) is 128 cm³/mol. The van der Waals surface area contributed by atoms with Crippen LogP contribution in [0.4, 0.5) is 11.4 Å². The monoisotopic (exact) mass is 476 g/mol. The Morgan fingerprint density at radius 1 is 0.912 bits per heavy atom. The summed E-state index contributed by atoms with van der Waals surface area (Å²) in [6.07, 6.45) is 0.0803. The van der Waals surface area contributed by atoms with Gasteiger partial charge in [-0.25, -0.2) is 4.79 Å². The molecule has 1 aliphatic rings. The molecule has 0 radical (unpaired) electrons. The second-order valence-corrected chi connectivity index (χ2v) is 8.20. The first kappa shape index (κ1) is 23.2. The lowest BCUT2D eigenvalue weighted by atomic mass is 10.1. The molecule has 1 fully saturated rings. The number of hydrogen-bond donors (Lipinski definition) is 1. The highest BCUT2D eigenvalue weighted by Gasteiger charge is 2.35. The average molecular weight is 477 g/mol. The largest absolute Gasteiger partial charge is 0.454 e. The predicted octanol–water partition coefficient (Wildman–Crippen LogP) is 4.37. The Kier molecular flexibility index (Phi) is 7.04. The van der Waals surface area contributed by atoms with E-state index in [2.05, 4.69) is 5.32 Å². The molecule has 0 saturated carbocycles. The summed E-state index contributed by atoms with van der Waals surface area (Å²) in [5.41, 5.74) is 1.77. The van der Waals surface area contributed by atoms with Crippen LogP contribution in [0.3, 0.4) is 0 Å². The van der Waals surface area contributed by atoms with Crippen molar-refractivity contribution >= 4 is 46.5 Å². The normalized spacial score (nSPS) is 15.1. The molecule has 8 heteroatoms. The van der Waals surface area contributed by atoms with Crippen LogP contribution in [-0.2, 0) is 14.3 Å². The Morgan fingerprint density at radius 2 is 1.59 bits per heavy atom. The molecule has 2 amide bonds. The van der Waals surface area contributed by atoms with Gasteiger partial charge in [0.15, 0.2) is 12.4 Å². The van der Waals surface area contributed by atoms with E-state index in [1.54, 1.807) is 66.7 Å². The number of nitrogens with zero attached hydrogens (tertiary/aromatic N) is 1. The zero-order valence-electron chi connectivity index (χ0n) is 18.1. The van der Waals surface area contributed by atoms with Crippen LogP contribution in [-0.4, -0.2) is 36.7 Å². The van der Waals surface area contributed by atoms with Crippen LogP contribution < -0.4 is 10.2 Å². The van der Waals surface area contributed by atoms with Crippen LogP contribution in [0.25, 0.3) is 0 Å². The van der Waals surface area contributed by atoms with Crippen molar-refractivity contribution in [3.63, 3.8) is 0 Å². The minimum Gasteiger partial charge on any atom is -0.454 e. The number of para-hydroxylation sites is 1. The Morgan fingerprint density at radius 3 is 2.29 bits per heavy atom. The van der Waals surface area contributed by atoms with Gasteiger partial charge in [0.1, 0.15) is 0 Å². The van der Waals surface area contributed by atoms with Crippen molar-refractivity contribution in [3.05, 3.63) is 95.0 Å². The number of carbonyl (C=O) groups excluding carboxylic acids is 4. The molecule has 1 N–H and O–H groups in total. The summed E-state index contributed by atoms with van der Waals surface area (Å²) in [6, 6.07) is 21.7. The van der Waals surface area contributed by atoms with Crippen molar-refractivity contribution in [3.8, 4) is 0 Å². The summed E-state index contributed by atoms with van der Waals surface area (Å²) >= 11 is 6.19. The molecule has 4 rings (SSSR count). The highest BCUT2D eigenvalue weighted by atomic mass is 35.5. The van der Waals surface area contributed by atoms with Crippen molar-refractivity contribution in [2.24, 2.45) is 5.92 Å². The Labute approximate surface area is 201 Å². The van der Waals surface area contributed by atoms with Gasteiger partial charge < -0.3 is 15.0 Å². The number of hydrogen-bond acceptors (Lipinski definition) is 5. The first-order valence-corrected chi connectivity index (χ1v) is 11.0. The summed E-state index contributed by atoms with van der Waals surface area (Å²) in [5.74, 6) is -1.94. The minimum atomic E-state index is -0.640. The number of Topliss-reactive ketones (excluding diaryl/α,β-unsaturated/α-hetero) is 1. The molecule has 0 bridgehead atoms. The maximum atomic E-state index is 12.7. The molecule has 7 nitrogen and oxygen atoms in total. The number of anilines is 2. The number of esters is 1. The zero-order chi connectivity index (χ0) is 24.1. The van der Waals surface area contributed by atoms with Crippen LogP contribution in [0, 0.1) is 5.92 Å². The highest BCUT2D eigenvalue weighted by Crippen LogP contribution is 2.31. The second kappa shape index (κ2) is 10.3. The fourth-order valence-corrected chi connectivity index (χ4v) is 3.88. The lowest BCUT2D eigenvalue weighted by Gasteiger charge is -2.18. The number of amides is 2. The average Bonchev–Trinajstić information content (AvgIpc) is 3.25. The fourth-order valence-electron chi connectivity index (χ4n) is 3.64. The van der Waals surface area contributed by atoms with Crippen molar-refractivity contribution in [1.82, 2.24) is 0 Å². The van der Waals surface area contributed by atoms with Gasteiger partial charge in [0, 0.05) is 24.2 Å². The van der Waals surface area contributed by atoms with Gasteiger partial charge in [-0.3, -0.25) is 14.4 Å². The molecule has 1 saturated heterocycles. The molecule has 0 aliphatic carbocycles. The topological polar surface area (TPSA) is 92.8 Å². The molecule has 1 heterocycles. The third kappa shape index (κ3) is 5.32. The van der Waals surface area contributed by atoms with Crippen molar-refractivity contribution < 1.29 is 23.9 Å². The third-order valence-electron chi connectivity index (χ3n) is 5.46. The minimum absolute atomic E-state index is 0.0803. The van der Waals surface area contributed by atoms with Crippen LogP contribution in [0.5, 0.6) is 0 Å². The Balaban J connectivity index is 1.31. The molecular formula is C26H21ClN2O5. The van der Waals surface area contributed by atoms with Gasteiger partial charge in [0.2, 0.25) is 11.8 Å². The number of benzene rings is 3. The van der Waals surface area contributed by atoms with Gasteiger partial charge >= 0.3 is 5.97 Å². The molecule has 0 unspecified atom stereocenters. The van der Waals surface area contributed by atoms with Crippen LogP contribution >= 0.6 is 11.6 Å². The standard InChI is InChI=1S/C26H21ClN2O5/c27-21-8-4-5-9-22(21)29-15-19(14-24(29)31)25(32)28-20-12-10-18(11-13-20)26(33)34-16-23(30)17-6-2-1-3-7-17/h1-13,19H,14-16H2,(H,28,32)/t19-/m0/s1. The van der Waals surface area contributed by atoms with E-state index in [9.17, 15) is 19.2 Å². The smallest absolute Gasteiger partial charge is 0.338 e. The van der Waals surface area contributed by atoms with Gasteiger partial charge in [-0.2, -0.15) is 0 Å². The quantitative estimate of drug-likeness (QED) is 0.403. The van der Waals surface area contributed by atoms with Crippen molar-refractivity contribution in [1.29, 1.82) is 0 Å². The zero-order valence-corrected chi connectivity index (χ0v) is 18.8. The van der Waals surface area contributed by atoms with E-state index in [0.717, 1.165) is 0 Å². The van der Waals surface area contributed by atoms with Gasteiger partial charge in [-0.1, -0.05) is 54.1 Å². The molecule has 1 atom stereocenters. The van der Waals surface area contributed by atoms with Crippen molar-refractivity contribution in [2.45, 2.75) is 6.42 Å². The lowest BCUT2D eigenvalue weighted by molar-refractivity contribution is -0.122. The first-order valence-electron chi connectivity index (χ1n) is 10.6. The molecule has 172 valence electrons.